The largest absolute Gasteiger partial charge is 0.510 e. The van der Waals surface area contributed by atoms with Gasteiger partial charge in [-0.2, -0.15) is 0 Å². The van der Waals surface area contributed by atoms with Gasteiger partial charge in [0.2, 0.25) is 0 Å². The van der Waals surface area contributed by atoms with E-state index in [-0.39, 0.29) is 6.10 Å². The maximum absolute atomic E-state index is 11.9. The quantitative estimate of drug-likeness (QED) is 0.713. The summed E-state index contributed by atoms with van der Waals surface area (Å²) in [6, 6.07) is 0. The first-order valence-electron chi connectivity index (χ1n) is 4.70. The molecule has 0 aromatic rings. The average Bonchev–Trinajstić information content (AvgIpc) is 2.37. The molecule has 0 aromatic carbocycles. The summed E-state index contributed by atoms with van der Waals surface area (Å²) in [6.45, 7) is 4.25. The van der Waals surface area contributed by atoms with Gasteiger partial charge in [0.25, 0.3) is 0 Å². The first kappa shape index (κ1) is 13.1. The third kappa shape index (κ3) is 8.41. The summed E-state index contributed by atoms with van der Waals surface area (Å²) in [5.41, 5.74) is 0. The van der Waals surface area contributed by atoms with Crippen LogP contribution in [-0.2, 0) is 9.09 Å². The molecule has 1 aliphatic rings. The van der Waals surface area contributed by atoms with Crippen LogP contribution in [0.15, 0.2) is 0 Å². The molecular weight excluding hydrogens is 194 g/mol. The molecule has 1 saturated carbocycles. The van der Waals surface area contributed by atoms with Gasteiger partial charge in [-0.1, -0.05) is 33.1 Å². The zero-order valence-corrected chi connectivity index (χ0v) is 9.10. The average molecular weight is 212 g/mol. The maximum Gasteiger partial charge on any atom is 0.510 e. The van der Waals surface area contributed by atoms with E-state index >= 15 is 0 Å². The molecule has 1 rings (SSSR count). The standard InChI is InChI=1S/C5H10FO3P.C3H8/c6-10(7,8)9-5-3-1-2-4-5;1-3-2/h5H,1-4H2,(H,7,8);3H2,1-2H3. The highest BCUT2D eigenvalue weighted by atomic mass is 31.2. The van der Waals surface area contributed by atoms with Crippen molar-refractivity contribution in [2.45, 2.75) is 52.1 Å². The van der Waals surface area contributed by atoms with Crippen LogP contribution in [0.2, 0.25) is 0 Å². The fourth-order valence-corrected chi connectivity index (χ4v) is 1.76. The van der Waals surface area contributed by atoms with Crippen LogP contribution in [0.4, 0.5) is 4.20 Å². The molecule has 1 atom stereocenters. The Balaban J connectivity index is 0.000000424. The number of hydrogen-bond donors (Lipinski definition) is 1. The fourth-order valence-electron chi connectivity index (χ4n) is 1.18. The van der Waals surface area contributed by atoms with Gasteiger partial charge in [-0.15, -0.1) is 4.20 Å². The summed E-state index contributed by atoms with van der Waals surface area (Å²) in [4.78, 5) is 8.14. The van der Waals surface area contributed by atoms with E-state index in [2.05, 4.69) is 18.4 Å². The lowest BCUT2D eigenvalue weighted by atomic mass is 10.3. The van der Waals surface area contributed by atoms with E-state index in [1.807, 2.05) is 0 Å². The van der Waals surface area contributed by atoms with E-state index in [0.717, 1.165) is 12.8 Å². The van der Waals surface area contributed by atoms with Crippen LogP contribution < -0.4 is 0 Å². The predicted molar refractivity (Wildman–Crippen MR) is 50.2 cm³/mol. The molecule has 0 aromatic heterocycles. The van der Waals surface area contributed by atoms with E-state index in [0.29, 0.717) is 12.8 Å². The third-order valence-corrected chi connectivity index (χ3v) is 2.14. The van der Waals surface area contributed by atoms with Crippen LogP contribution in [0.1, 0.15) is 46.0 Å². The van der Waals surface area contributed by atoms with E-state index in [1.54, 1.807) is 0 Å². The van der Waals surface area contributed by atoms with Crippen molar-refractivity contribution < 1.29 is 18.2 Å². The molecule has 0 amide bonds. The first-order chi connectivity index (χ1) is 5.99. The molecule has 13 heavy (non-hydrogen) atoms. The second-order valence-electron chi connectivity index (χ2n) is 3.17. The highest BCUT2D eigenvalue weighted by Crippen LogP contribution is 2.47. The monoisotopic (exact) mass is 212 g/mol. The minimum atomic E-state index is -4.71. The van der Waals surface area contributed by atoms with Gasteiger partial charge < -0.3 is 0 Å². The SMILES string of the molecule is CCC.O=P(O)(F)OC1CCCC1. The van der Waals surface area contributed by atoms with Crippen LogP contribution in [0.25, 0.3) is 0 Å². The van der Waals surface area contributed by atoms with Crippen molar-refractivity contribution in [3.8, 4) is 0 Å². The van der Waals surface area contributed by atoms with Crippen molar-refractivity contribution in [2.24, 2.45) is 0 Å². The third-order valence-electron chi connectivity index (χ3n) is 1.58. The van der Waals surface area contributed by atoms with Crippen molar-refractivity contribution in [3.05, 3.63) is 0 Å². The predicted octanol–water partition coefficient (Wildman–Crippen LogP) is 3.43. The summed E-state index contributed by atoms with van der Waals surface area (Å²) < 4.78 is 26.2. The van der Waals surface area contributed by atoms with Gasteiger partial charge in [0, 0.05) is 0 Å². The number of halogens is 1. The molecule has 1 N–H and O–H groups in total. The van der Waals surface area contributed by atoms with E-state index < -0.39 is 7.91 Å². The zero-order valence-electron chi connectivity index (χ0n) is 8.20. The summed E-state index contributed by atoms with van der Waals surface area (Å²) in [6.07, 6.45) is 4.25. The molecular formula is C8H18FO3P. The summed E-state index contributed by atoms with van der Waals surface area (Å²) >= 11 is 0. The maximum atomic E-state index is 11.9. The summed E-state index contributed by atoms with van der Waals surface area (Å²) in [7, 11) is -4.71. The molecule has 1 aliphatic carbocycles. The molecule has 0 heterocycles. The molecule has 80 valence electrons. The minimum absolute atomic E-state index is 0.333. The van der Waals surface area contributed by atoms with Crippen molar-refractivity contribution in [1.29, 1.82) is 0 Å². The topological polar surface area (TPSA) is 46.5 Å². The molecule has 0 aliphatic heterocycles. The molecule has 0 radical (unpaired) electrons. The first-order valence-corrected chi connectivity index (χ1v) is 6.17. The fraction of sp³-hybridized carbons (Fsp3) is 1.00. The van der Waals surface area contributed by atoms with Gasteiger partial charge >= 0.3 is 7.91 Å². The van der Waals surface area contributed by atoms with Gasteiger partial charge in [0.05, 0.1) is 6.10 Å². The van der Waals surface area contributed by atoms with Crippen LogP contribution in [-0.4, -0.2) is 11.0 Å². The van der Waals surface area contributed by atoms with Gasteiger partial charge in [-0.25, -0.2) is 4.57 Å². The second-order valence-corrected chi connectivity index (χ2v) is 4.28. The Hall–Kier alpha value is 0.0800. The van der Waals surface area contributed by atoms with Crippen LogP contribution in [0.5, 0.6) is 0 Å². The second kappa shape index (κ2) is 6.52. The molecule has 5 heteroatoms. The van der Waals surface area contributed by atoms with Crippen molar-refractivity contribution >= 4 is 7.91 Å². The molecule has 0 saturated heterocycles. The number of hydrogen-bond acceptors (Lipinski definition) is 2. The lowest BCUT2D eigenvalue weighted by Crippen LogP contribution is -2.02. The van der Waals surface area contributed by atoms with Crippen molar-refractivity contribution in [1.82, 2.24) is 0 Å². The summed E-state index contributed by atoms with van der Waals surface area (Å²) in [5.74, 6) is 0. The van der Waals surface area contributed by atoms with Crippen molar-refractivity contribution in [3.63, 3.8) is 0 Å². The molecule has 0 spiro atoms. The van der Waals surface area contributed by atoms with E-state index in [9.17, 15) is 8.76 Å². The number of rotatable bonds is 2. The van der Waals surface area contributed by atoms with Crippen LogP contribution >= 0.6 is 7.91 Å². The Morgan fingerprint density at radius 1 is 1.46 bits per heavy atom. The normalized spacial score (nSPS) is 21.8. The van der Waals surface area contributed by atoms with Crippen molar-refractivity contribution in [2.75, 3.05) is 0 Å². The minimum Gasteiger partial charge on any atom is -0.299 e. The lowest BCUT2D eigenvalue weighted by molar-refractivity contribution is 0.157. The van der Waals surface area contributed by atoms with Crippen LogP contribution in [0, 0.1) is 0 Å². The van der Waals surface area contributed by atoms with Gasteiger partial charge in [0.15, 0.2) is 0 Å². The van der Waals surface area contributed by atoms with Gasteiger partial charge in [-0.05, 0) is 12.8 Å². The molecule has 1 unspecified atom stereocenters. The smallest absolute Gasteiger partial charge is 0.299 e. The van der Waals surface area contributed by atoms with E-state index in [1.165, 1.54) is 6.42 Å². The van der Waals surface area contributed by atoms with Gasteiger partial charge in [0.1, 0.15) is 0 Å². The van der Waals surface area contributed by atoms with Gasteiger partial charge in [-0.3, -0.25) is 9.42 Å². The summed E-state index contributed by atoms with van der Waals surface area (Å²) in [5, 5.41) is 0. The Kier molecular flexibility index (Phi) is 6.56. The highest BCUT2D eigenvalue weighted by molar-refractivity contribution is 7.46. The molecule has 0 bridgehead atoms. The Morgan fingerprint density at radius 2 is 1.85 bits per heavy atom. The Bertz CT molecular complexity index is 163. The lowest BCUT2D eigenvalue weighted by Gasteiger charge is -2.08. The Morgan fingerprint density at radius 3 is 2.15 bits per heavy atom. The van der Waals surface area contributed by atoms with E-state index in [4.69, 9.17) is 4.89 Å². The zero-order chi connectivity index (χ0) is 10.3. The van der Waals surface area contributed by atoms with Crippen LogP contribution in [0.3, 0.4) is 0 Å². The highest BCUT2D eigenvalue weighted by Gasteiger charge is 2.26. The Labute approximate surface area is 79.0 Å². The molecule has 1 fully saturated rings. The molecule has 3 nitrogen and oxygen atoms in total.